The van der Waals surface area contributed by atoms with Crippen molar-refractivity contribution in [1.29, 1.82) is 0 Å². The van der Waals surface area contributed by atoms with Crippen LogP contribution in [0.15, 0.2) is 24.0 Å². The van der Waals surface area contributed by atoms with Gasteiger partial charge in [0.25, 0.3) is 5.91 Å². The number of amides is 3. The molecule has 8 heteroatoms. The van der Waals surface area contributed by atoms with E-state index >= 15 is 0 Å². The van der Waals surface area contributed by atoms with Crippen molar-refractivity contribution in [3.63, 3.8) is 0 Å². The van der Waals surface area contributed by atoms with Gasteiger partial charge in [0.2, 0.25) is 0 Å². The molecule has 3 amide bonds. The van der Waals surface area contributed by atoms with Gasteiger partial charge in [0, 0.05) is 32.2 Å². The number of nitrogens with zero attached hydrogens (tertiary/aromatic N) is 5. The Hall–Kier alpha value is -2.64. The van der Waals surface area contributed by atoms with Gasteiger partial charge in [0.1, 0.15) is 23.5 Å². The largest absolute Gasteiger partial charge is 0.384 e. The second-order valence-corrected chi connectivity index (χ2v) is 8.30. The van der Waals surface area contributed by atoms with E-state index in [1.54, 1.807) is 6.07 Å². The minimum atomic E-state index is -0.758. The van der Waals surface area contributed by atoms with Crippen LogP contribution in [0.5, 0.6) is 0 Å². The Morgan fingerprint density at radius 1 is 1.25 bits per heavy atom. The molecule has 2 N–H and O–H groups in total. The molecule has 3 rings (SSSR count). The van der Waals surface area contributed by atoms with Crippen LogP contribution in [0.4, 0.5) is 16.4 Å². The zero-order valence-corrected chi connectivity index (χ0v) is 17.2. The number of rotatable bonds is 5. The summed E-state index contributed by atoms with van der Waals surface area (Å²) in [5.41, 5.74) is 6.11. The van der Waals surface area contributed by atoms with Crippen LogP contribution in [0.3, 0.4) is 0 Å². The fourth-order valence-electron chi connectivity index (χ4n) is 3.96. The monoisotopic (exact) mass is 386 g/mol. The van der Waals surface area contributed by atoms with Crippen molar-refractivity contribution in [1.82, 2.24) is 19.8 Å². The van der Waals surface area contributed by atoms with E-state index < -0.39 is 5.54 Å². The third-order valence-corrected chi connectivity index (χ3v) is 5.44. The van der Waals surface area contributed by atoms with Gasteiger partial charge in [-0.3, -0.25) is 9.69 Å². The molecule has 0 bridgehead atoms. The molecule has 3 heterocycles. The van der Waals surface area contributed by atoms with Gasteiger partial charge < -0.3 is 15.5 Å². The van der Waals surface area contributed by atoms with Gasteiger partial charge in [0.15, 0.2) is 0 Å². The summed E-state index contributed by atoms with van der Waals surface area (Å²) in [7, 11) is 0. The highest BCUT2D eigenvalue weighted by atomic mass is 16.2. The van der Waals surface area contributed by atoms with Crippen molar-refractivity contribution in [2.45, 2.75) is 46.1 Å². The second kappa shape index (κ2) is 7.77. The molecule has 8 nitrogen and oxygen atoms in total. The number of aromatic nitrogens is 2. The molecule has 1 aromatic rings. The standard InChI is InChI=1S/C20H30N6O2/c1-14(2)5-8-25-18(27)20(26(19(25)28)12-15(3)4)6-9-24(10-7-20)17-11-16(21)22-13-23-17/h5,11,13,15H,6-10,12H2,1-4H3,(H2,21,22,23). The van der Waals surface area contributed by atoms with Crippen molar-refractivity contribution < 1.29 is 9.59 Å². The van der Waals surface area contributed by atoms with Crippen molar-refractivity contribution in [2.24, 2.45) is 5.92 Å². The molecular formula is C20H30N6O2. The summed E-state index contributed by atoms with van der Waals surface area (Å²) < 4.78 is 0. The number of anilines is 2. The average molecular weight is 387 g/mol. The van der Waals surface area contributed by atoms with E-state index in [0.717, 1.165) is 11.4 Å². The highest BCUT2D eigenvalue weighted by Crippen LogP contribution is 2.38. The van der Waals surface area contributed by atoms with Crippen LogP contribution in [0.25, 0.3) is 0 Å². The molecule has 1 aromatic heterocycles. The summed E-state index contributed by atoms with van der Waals surface area (Å²) in [5.74, 6) is 1.40. The minimum Gasteiger partial charge on any atom is -0.384 e. The van der Waals surface area contributed by atoms with Crippen molar-refractivity contribution in [2.75, 3.05) is 36.8 Å². The number of urea groups is 1. The topological polar surface area (TPSA) is 95.7 Å². The average Bonchev–Trinajstić information content (AvgIpc) is 2.82. The summed E-state index contributed by atoms with van der Waals surface area (Å²) in [6.45, 7) is 10.3. The van der Waals surface area contributed by atoms with Gasteiger partial charge >= 0.3 is 6.03 Å². The van der Waals surface area contributed by atoms with E-state index in [0.29, 0.717) is 44.8 Å². The third kappa shape index (κ3) is 3.68. The zero-order chi connectivity index (χ0) is 20.5. The Bertz CT molecular complexity index is 779. The molecule has 0 saturated carbocycles. The number of imide groups is 1. The molecule has 2 aliphatic heterocycles. The van der Waals surface area contributed by atoms with Gasteiger partial charge in [0.05, 0.1) is 0 Å². The van der Waals surface area contributed by atoms with Crippen LogP contribution >= 0.6 is 0 Å². The summed E-state index contributed by atoms with van der Waals surface area (Å²) in [5, 5.41) is 0. The van der Waals surface area contributed by atoms with Crippen LogP contribution in [0.2, 0.25) is 0 Å². The molecule has 2 aliphatic rings. The fourth-order valence-corrected chi connectivity index (χ4v) is 3.96. The Balaban J connectivity index is 1.84. The molecule has 2 saturated heterocycles. The van der Waals surface area contributed by atoms with Gasteiger partial charge in [-0.05, 0) is 32.6 Å². The highest BCUT2D eigenvalue weighted by molar-refractivity contribution is 6.07. The quantitative estimate of drug-likeness (QED) is 0.616. The lowest BCUT2D eigenvalue weighted by Gasteiger charge is -2.43. The number of carbonyl (C=O) groups excluding carboxylic acids is 2. The number of allylic oxidation sites excluding steroid dienone is 1. The van der Waals surface area contributed by atoms with E-state index in [9.17, 15) is 9.59 Å². The van der Waals surface area contributed by atoms with Gasteiger partial charge in [-0.25, -0.2) is 14.8 Å². The van der Waals surface area contributed by atoms with Crippen LogP contribution in [0.1, 0.15) is 40.5 Å². The molecule has 152 valence electrons. The number of carbonyl (C=O) groups is 2. The van der Waals surface area contributed by atoms with Gasteiger partial charge in [-0.15, -0.1) is 0 Å². The maximum atomic E-state index is 13.4. The number of nitrogens with two attached hydrogens (primary N) is 1. The van der Waals surface area contributed by atoms with Crippen LogP contribution in [0, 0.1) is 5.92 Å². The van der Waals surface area contributed by atoms with E-state index in [1.165, 1.54) is 11.2 Å². The molecule has 0 aromatic carbocycles. The lowest BCUT2D eigenvalue weighted by molar-refractivity contribution is -0.134. The summed E-state index contributed by atoms with van der Waals surface area (Å²) >= 11 is 0. The Kier molecular flexibility index (Phi) is 5.58. The maximum absolute atomic E-state index is 13.4. The van der Waals surface area contributed by atoms with E-state index in [2.05, 4.69) is 28.7 Å². The van der Waals surface area contributed by atoms with E-state index in [1.807, 2.05) is 24.8 Å². The molecule has 2 fully saturated rings. The second-order valence-electron chi connectivity index (χ2n) is 8.30. The Morgan fingerprint density at radius 3 is 2.50 bits per heavy atom. The molecule has 0 radical (unpaired) electrons. The van der Waals surface area contributed by atoms with Gasteiger partial charge in [-0.1, -0.05) is 25.5 Å². The molecule has 1 spiro atoms. The zero-order valence-electron chi connectivity index (χ0n) is 17.2. The number of nitrogen functional groups attached to an aromatic ring is 1. The predicted molar refractivity (Wildman–Crippen MR) is 109 cm³/mol. The minimum absolute atomic E-state index is 0.0718. The predicted octanol–water partition coefficient (Wildman–Crippen LogP) is 2.28. The summed E-state index contributed by atoms with van der Waals surface area (Å²) in [4.78, 5) is 40.0. The van der Waals surface area contributed by atoms with Crippen molar-refractivity contribution >= 4 is 23.6 Å². The van der Waals surface area contributed by atoms with Crippen LogP contribution < -0.4 is 10.6 Å². The lowest BCUT2D eigenvalue weighted by Crippen LogP contribution is -2.57. The number of hydrogen-bond acceptors (Lipinski definition) is 6. The van der Waals surface area contributed by atoms with Crippen molar-refractivity contribution in [3.8, 4) is 0 Å². The first-order valence-corrected chi connectivity index (χ1v) is 9.84. The molecule has 28 heavy (non-hydrogen) atoms. The fraction of sp³-hybridized carbons (Fsp3) is 0.600. The van der Waals surface area contributed by atoms with Crippen molar-refractivity contribution in [3.05, 3.63) is 24.0 Å². The normalized spacial score (nSPS) is 19.1. The lowest BCUT2D eigenvalue weighted by atomic mass is 9.85. The number of piperidine rings is 1. The van der Waals surface area contributed by atoms with E-state index in [4.69, 9.17) is 5.73 Å². The Labute approximate surface area is 166 Å². The molecule has 0 unspecified atom stereocenters. The van der Waals surface area contributed by atoms with Crippen LogP contribution in [-0.2, 0) is 4.79 Å². The maximum Gasteiger partial charge on any atom is 0.327 e. The summed E-state index contributed by atoms with van der Waals surface area (Å²) in [6, 6.07) is 1.57. The number of hydrogen-bond donors (Lipinski definition) is 1. The molecular weight excluding hydrogens is 356 g/mol. The van der Waals surface area contributed by atoms with Crippen LogP contribution in [-0.4, -0.2) is 63.4 Å². The van der Waals surface area contributed by atoms with E-state index in [-0.39, 0.29) is 17.9 Å². The third-order valence-electron chi connectivity index (χ3n) is 5.44. The first-order chi connectivity index (χ1) is 13.2. The Morgan fingerprint density at radius 2 is 1.93 bits per heavy atom. The highest BCUT2D eigenvalue weighted by Gasteiger charge is 2.57. The van der Waals surface area contributed by atoms with Gasteiger partial charge in [-0.2, -0.15) is 0 Å². The first-order valence-electron chi connectivity index (χ1n) is 9.84. The smallest absolute Gasteiger partial charge is 0.327 e. The first kappa shape index (κ1) is 20.1. The molecule has 0 atom stereocenters. The summed E-state index contributed by atoms with van der Waals surface area (Å²) in [6.07, 6.45) is 4.55. The SMILES string of the molecule is CC(C)=CCN1C(=O)N(CC(C)C)C2(CCN(c3cc(N)ncn3)CC2)C1=O. The molecule has 0 aliphatic carbocycles.